The summed E-state index contributed by atoms with van der Waals surface area (Å²) in [5.41, 5.74) is 3.69. The summed E-state index contributed by atoms with van der Waals surface area (Å²) >= 11 is 0. The number of hydrogen-bond acceptors (Lipinski definition) is 10. The van der Waals surface area contributed by atoms with E-state index in [9.17, 15) is 29.8 Å². The van der Waals surface area contributed by atoms with Gasteiger partial charge in [0, 0.05) is 17.7 Å². The fraction of sp³-hybridized carbons (Fsp3) is 0.410. The Morgan fingerprint density at radius 3 is 1.08 bits per heavy atom. The van der Waals surface area contributed by atoms with Gasteiger partial charge in [-0.1, -0.05) is 196 Å². The molecule has 0 radical (unpaired) electrons. The van der Waals surface area contributed by atoms with Crippen LogP contribution >= 0.6 is 0 Å². The van der Waals surface area contributed by atoms with Crippen LogP contribution in [0, 0.1) is 27.2 Å². The summed E-state index contributed by atoms with van der Waals surface area (Å²) in [5.74, 6) is -0.237. The topological polar surface area (TPSA) is 157 Å². The second-order valence-corrected chi connectivity index (χ2v) is 18.6. The molecule has 0 bridgehead atoms. The first-order valence-corrected chi connectivity index (χ1v) is 26.5. The zero-order chi connectivity index (χ0) is 52.0. The van der Waals surface area contributed by atoms with Crippen LogP contribution in [-0.4, -0.2) is 35.0 Å². The van der Waals surface area contributed by atoms with Gasteiger partial charge < -0.3 is 18.9 Å². The van der Waals surface area contributed by atoms with Gasteiger partial charge in [-0.15, -0.1) is 0 Å². The Kier molecular flexibility index (Phi) is 25.0. The minimum absolute atomic E-state index is 0.0865. The molecule has 12 heteroatoms. The molecule has 0 spiro atoms. The summed E-state index contributed by atoms with van der Waals surface area (Å²) in [7, 11) is 0. The molecule has 0 aliphatic rings. The van der Waals surface area contributed by atoms with Crippen LogP contribution in [0.3, 0.4) is 0 Å². The van der Waals surface area contributed by atoms with Gasteiger partial charge >= 0.3 is 23.3 Å². The number of nitro groups is 2. The van der Waals surface area contributed by atoms with Crippen LogP contribution in [0.1, 0.15) is 191 Å². The summed E-state index contributed by atoms with van der Waals surface area (Å²) in [6, 6.07) is 28.2. The summed E-state index contributed by atoms with van der Waals surface area (Å²) in [5, 5.41) is 23.8. The SMILES string of the molecule is CCCCCCCCCCCCOc1ccc(/C=C/c2ccc(C(=O)Oc3cccc(OC(=O)c4ccc(/C=C/c5ccc(OCCCCCCCCCCCC)c([N+](=O)[O-])c5)cc4)c3C)cc2)cc1[N+](=O)[O-]. The van der Waals surface area contributed by atoms with E-state index in [0.29, 0.717) is 41.0 Å². The number of ether oxygens (including phenoxy) is 4. The van der Waals surface area contributed by atoms with Gasteiger partial charge in [-0.2, -0.15) is 0 Å². The molecule has 0 saturated heterocycles. The van der Waals surface area contributed by atoms with Crippen molar-refractivity contribution >= 4 is 47.6 Å². The molecule has 0 aliphatic heterocycles. The van der Waals surface area contributed by atoms with Crippen molar-refractivity contribution < 1.29 is 38.4 Å². The predicted octanol–water partition coefficient (Wildman–Crippen LogP) is 17.2. The number of nitro benzene ring substituents is 2. The van der Waals surface area contributed by atoms with Crippen molar-refractivity contribution in [2.24, 2.45) is 0 Å². The molecular formula is C61H74N2O10. The molecule has 0 saturated carbocycles. The molecule has 5 aromatic rings. The second-order valence-electron chi connectivity index (χ2n) is 18.6. The molecule has 0 N–H and O–H groups in total. The number of esters is 2. The smallest absolute Gasteiger partial charge is 0.343 e. The van der Waals surface area contributed by atoms with E-state index in [4.69, 9.17) is 18.9 Å². The molecule has 0 aromatic heterocycles. The van der Waals surface area contributed by atoms with Gasteiger partial charge in [-0.25, -0.2) is 9.59 Å². The van der Waals surface area contributed by atoms with Crippen LogP contribution < -0.4 is 18.9 Å². The Bertz CT molecular complexity index is 2390. The van der Waals surface area contributed by atoms with E-state index in [0.717, 1.165) is 49.7 Å². The Balaban J connectivity index is 1.06. The third-order valence-corrected chi connectivity index (χ3v) is 12.7. The fourth-order valence-corrected chi connectivity index (χ4v) is 8.33. The van der Waals surface area contributed by atoms with Crippen LogP contribution in [0.5, 0.6) is 23.0 Å². The zero-order valence-electron chi connectivity index (χ0n) is 43.2. The summed E-state index contributed by atoms with van der Waals surface area (Å²) in [6.45, 7) is 7.01. The second kappa shape index (κ2) is 32.1. The highest BCUT2D eigenvalue weighted by molar-refractivity contribution is 5.93. The van der Waals surface area contributed by atoms with Gasteiger partial charge in [-0.3, -0.25) is 20.2 Å². The minimum Gasteiger partial charge on any atom is -0.487 e. The molecule has 5 rings (SSSR count). The van der Waals surface area contributed by atoms with Crippen molar-refractivity contribution in [2.45, 2.75) is 149 Å². The molecule has 5 aromatic carbocycles. The van der Waals surface area contributed by atoms with E-state index in [2.05, 4.69) is 13.8 Å². The van der Waals surface area contributed by atoms with Crippen molar-refractivity contribution in [1.82, 2.24) is 0 Å². The molecule has 0 atom stereocenters. The molecule has 0 fully saturated rings. The van der Waals surface area contributed by atoms with E-state index in [1.807, 2.05) is 0 Å². The first-order valence-electron chi connectivity index (χ1n) is 26.5. The Hall–Kier alpha value is -7.08. The largest absolute Gasteiger partial charge is 0.487 e. The molecule has 0 aliphatic carbocycles. The van der Waals surface area contributed by atoms with Crippen LogP contribution in [0.4, 0.5) is 11.4 Å². The minimum atomic E-state index is -0.603. The summed E-state index contributed by atoms with van der Waals surface area (Å²) in [4.78, 5) is 49.4. The van der Waals surface area contributed by atoms with Gasteiger partial charge in [-0.05, 0) is 90.6 Å². The van der Waals surface area contributed by atoms with E-state index >= 15 is 0 Å². The maximum Gasteiger partial charge on any atom is 0.343 e. The van der Waals surface area contributed by atoms with Crippen LogP contribution in [0.25, 0.3) is 24.3 Å². The lowest BCUT2D eigenvalue weighted by atomic mass is 10.1. The summed E-state index contributed by atoms with van der Waals surface area (Å²) < 4.78 is 23.1. The number of benzene rings is 5. The third-order valence-electron chi connectivity index (χ3n) is 12.7. The average Bonchev–Trinajstić information content (AvgIpc) is 3.39. The van der Waals surface area contributed by atoms with Crippen molar-refractivity contribution in [1.29, 1.82) is 0 Å². The fourth-order valence-electron chi connectivity index (χ4n) is 8.33. The normalized spacial score (nSPS) is 11.3. The Morgan fingerprint density at radius 2 is 0.740 bits per heavy atom. The van der Waals surface area contributed by atoms with E-state index in [1.54, 1.807) is 122 Å². The molecule has 73 heavy (non-hydrogen) atoms. The van der Waals surface area contributed by atoms with Gasteiger partial charge in [0.2, 0.25) is 0 Å². The predicted molar refractivity (Wildman–Crippen MR) is 293 cm³/mol. The molecule has 0 amide bonds. The van der Waals surface area contributed by atoms with Gasteiger partial charge in [0.1, 0.15) is 11.5 Å². The number of unbranched alkanes of at least 4 members (excludes halogenated alkanes) is 18. The van der Waals surface area contributed by atoms with Crippen LogP contribution in [-0.2, 0) is 0 Å². The standard InChI is InChI=1S/C61H74N2O10/c1-4-6-8-10-12-14-16-18-20-22-43-70-58-41-35-50(45-54(58)62(66)67)29-27-48-31-37-52(38-32-48)60(64)72-56-25-24-26-57(47(56)3)73-61(65)53-39-33-49(34-40-53)28-30-51-36-42-59(55(46-51)63(68)69)71-44-23-21-19-17-15-13-11-9-7-5-2/h24-42,45-46H,4-23,43-44H2,1-3H3/b29-27+,30-28+. The molecule has 388 valence electrons. The maximum atomic E-state index is 13.2. The Labute approximate surface area is 432 Å². The van der Waals surface area contributed by atoms with Gasteiger partial charge in [0.25, 0.3) is 0 Å². The first kappa shape index (κ1) is 56.8. The van der Waals surface area contributed by atoms with Crippen LogP contribution in [0.15, 0.2) is 103 Å². The van der Waals surface area contributed by atoms with E-state index in [-0.39, 0.29) is 34.4 Å². The third kappa shape index (κ3) is 20.2. The maximum absolute atomic E-state index is 13.2. The van der Waals surface area contributed by atoms with Crippen molar-refractivity contribution in [2.75, 3.05) is 13.2 Å². The highest BCUT2D eigenvalue weighted by Crippen LogP contribution is 2.32. The lowest BCUT2D eigenvalue weighted by Crippen LogP contribution is -2.12. The lowest BCUT2D eigenvalue weighted by Gasteiger charge is -2.12. The first-order chi connectivity index (χ1) is 35.6. The molecule has 12 nitrogen and oxygen atoms in total. The van der Waals surface area contributed by atoms with E-state index < -0.39 is 21.8 Å². The number of hydrogen-bond donors (Lipinski definition) is 0. The quantitative estimate of drug-likeness (QED) is 0.00970. The highest BCUT2D eigenvalue weighted by atomic mass is 16.6. The number of carbonyl (C=O) groups is 2. The molecular weight excluding hydrogens is 921 g/mol. The van der Waals surface area contributed by atoms with Crippen LogP contribution in [0.2, 0.25) is 0 Å². The Morgan fingerprint density at radius 1 is 0.425 bits per heavy atom. The highest BCUT2D eigenvalue weighted by Gasteiger charge is 2.19. The lowest BCUT2D eigenvalue weighted by molar-refractivity contribution is -0.386. The van der Waals surface area contributed by atoms with Gasteiger partial charge in [0.15, 0.2) is 11.5 Å². The van der Waals surface area contributed by atoms with E-state index in [1.165, 1.54) is 102 Å². The number of carbonyl (C=O) groups excluding carboxylic acids is 2. The monoisotopic (exact) mass is 995 g/mol. The average molecular weight is 995 g/mol. The summed E-state index contributed by atoms with van der Waals surface area (Å²) in [6.07, 6.45) is 31.1. The molecule has 0 unspecified atom stereocenters. The van der Waals surface area contributed by atoms with Crippen molar-refractivity contribution in [3.05, 3.63) is 162 Å². The number of rotatable bonds is 34. The van der Waals surface area contributed by atoms with Crippen molar-refractivity contribution in [3.8, 4) is 23.0 Å². The zero-order valence-corrected chi connectivity index (χ0v) is 43.2. The van der Waals surface area contributed by atoms with Crippen molar-refractivity contribution in [3.63, 3.8) is 0 Å². The number of nitrogens with zero attached hydrogens (tertiary/aromatic N) is 2. The van der Waals surface area contributed by atoms with Gasteiger partial charge in [0.05, 0.1) is 34.2 Å². The molecule has 0 heterocycles.